The molecule has 3 rings (SSSR count). The van der Waals surface area contributed by atoms with Crippen molar-refractivity contribution in [2.75, 3.05) is 26.0 Å². The summed E-state index contributed by atoms with van der Waals surface area (Å²) in [6.07, 6.45) is 2.94. The van der Waals surface area contributed by atoms with Gasteiger partial charge in [0.1, 0.15) is 11.6 Å². The van der Waals surface area contributed by atoms with E-state index >= 15 is 0 Å². The lowest BCUT2D eigenvalue weighted by Gasteiger charge is -2.31. The Bertz CT molecular complexity index is 644. The minimum absolute atomic E-state index is 0.187. The zero-order valence-corrected chi connectivity index (χ0v) is 13.3. The number of piperidine rings is 1. The highest BCUT2D eigenvalue weighted by molar-refractivity contribution is 6.17. The third-order valence-electron chi connectivity index (χ3n) is 4.41. The fourth-order valence-electron chi connectivity index (χ4n) is 3.19. The third-order valence-corrected chi connectivity index (χ3v) is 4.60. The van der Waals surface area contributed by atoms with E-state index in [1.165, 1.54) is 0 Å². The van der Waals surface area contributed by atoms with Gasteiger partial charge in [0.25, 0.3) is 0 Å². The fraction of sp³-hybridized carbons (Fsp3) is 0.562. The standard InChI is InChI=1S/C16H21ClFN3/c1-11-9-15-14(10-13(11)18)19-16(3-6-17)21(15)12-4-7-20(2)8-5-12/h9-10,12H,3-8H2,1-2H3. The van der Waals surface area contributed by atoms with E-state index in [9.17, 15) is 4.39 Å². The average molecular weight is 310 g/mol. The van der Waals surface area contributed by atoms with Crippen LogP contribution < -0.4 is 0 Å². The largest absolute Gasteiger partial charge is 0.325 e. The Labute approximate surface area is 129 Å². The summed E-state index contributed by atoms with van der Waals surface area (Å²) in [5.41, 5.74) is 2.47. The summed E-state index contributed by atoms with van der Waals surface area (Å²) in [6.45, 7) is 3.98. The quantitative estimate of drug-likeness (QED) is 0.809. The minimum Gasteiger partial charge on any atom is -0.325 e. The Morgan fingerprint density at radius 1 is 1.33 bits per heavy atom. The van der Waals surface area contributed by atoms with E-state index in [1.54, 1.807) is 6.07 Å². The van der Waals surface area contributed by atoms with E-state index in [0.29, 0.717) is 17.5 Å². The van der Waals surface area contributed by atoms with Crippen molar-refractivity contribution in [2.45, 2.75) is 32.2 Å². The molecule has 1 aliphatic rings. The van der Waals surface area contributed by atoms with Gasteiger partial charge in [-0.2, -0.15) is 0 Å². The Balaban J connectivity index is 2.09. The molecular weight excluding hydrogens is 289 g/mol. The molecule has 0 amide bonds. The Morgan fingerprint density at radius 2 is 2.05 bits per heavy atom. The Kier molecular flexibility index (Phi) is 4.18. The molecule has 0 atom stereocenters. The van der Waals surface area contributed by atoms with Crippen LogP contribution in [0.4, 0.5) is 4.39 Å². The molecule has 21 heavy (non-hydrogen) atoms. The predicted octanol–water partition coefficient (Wildman–Crippen LogP) is 3.53. The van der Waals surface area contributed by atoms with E-state index < -0.39 is 0 Å². The lowest BCUT2D eigenvalue weighted by molar-refractivity contribution is 0.221. The second-order valence-corrected chi connectivity index (χ2v) is 6.34. The van der Waals surface area contributed by atoms with E-state index in [0.717, 1.165) is 49.2 Å². The minimum atomic E-state index is -0.187. The van der Waals surface area contributed by atoms with Gasteiger partial charge in [0.05, 0.1) is 11.0 Å². The first kappa shape index (κ1) is 14.8. The van der Waals surface area contributed by atoms with Crippen LogP contribution in [-0.2, 0) is 6.42 Å². The van der Waals surface area contributed by atoms with Gasteiger partial charge in [0.15, 0.2) is 0 Å². The van der Waals surface area contributed by atoms with Gasteiger partial charge in [-0.15, -0.1) is 11.6 Å². The molecule has 0 bridgehead atoms. The molecule has 114 valence electrons. The molecule has 1 fully saturated rings. The van der Waals surface area contributed by atoms with E-state index in [1.807, 2.05) is 13.0 Å². The summed E-state index contributed by atoms with van der Waals surface area (Å²) in [5.74, 6) is 1.34. The second kappa shape index (κ2) is 5.93. The number of hydrogen-bond donors (Lipinski definition) is 0. The van der Waals surface area contributed by atoms with Gasteiger partial charge in [0, 0.05) is 24.4 Å². The molecule has 1 aromatic carbocycles. The highest BCUT2D eigenvalue weighted by Crippen LogP contribution is 2.30. The number of alkyl halides is 1. The SMILES string of the molecule is Cc1cc2c(cc1F)nc(CCCl)n2C1CCN(C)CC1. The lowest BCUT2D eigenvalue weighted by Crippen LogP contribution is -2.32. The van der Waals surface area contributed by atoms with Crippen molar-refractivity contribution in [1.29, 1.82) is 0 Å². The molecule has 0 unspecified atom stereocenters. The molecule has 3 nitrogen and oxygen atoms in total. The molecular formula is C16H21ClFN3. The lowest BCUT2D eigenvalue weighted by atomic mass is 10.0. The first-order valence-corrected chi connectivity index (χ1v) is 8.05. The van der Waals surface area contributed by atoms with Crippen molar-refractivity contribution in [3.8, 4) is 0 Å². The number of fused-ring (bicyclic) bond motifs is 1. The topological polar surface area (TPSA) is 21.1 Å². The number of hydrogen-bond acceptors (Lipinski definition) is 2. The normalized spacial score (nSPS) is 17.7. The summed E-state index contributed by atoms with van der Waals surface area (Å²) < 4.78 is 16.1. The molecule has 2 heterocycles. The van der Waals surface area contributed by atoms with Crippen LogP contribution in [0.2, 0.25) is 0 Å². The number of rotatable bonds is 3. The number of likely N-dealkylation sites (tertiary alicyclic amines) is 1. The predicted molar refractivity (Wildman–Crippen MR) is 84.6 cm³/mol. The van der Waals surface area contributed by atoms with Crippen LogP contribution in [0.5, 0.6) is 0 Å². The first-order chi connectivity index (χ1) is 10.1. The van der Waals surface area contributed by atoms with Gasteiger partial charge in [-0.3, -0.25) is 0 Å². The summed E-state index contributed by atoms with van der Waals surface area (Å²) in [4.78, 5) is 6.97. The number of aromatic nitrogens is 2. The van der Waals surface area contributed by atoms with Crippen LogP contribution in [0.1, 0.15) is 30.3 Å². The summed E-state index contributed by atoms with van der Waals surface area (Å²) >= 11 is 5.92. The van der Waals surface area contributed by atoms with Gasteiger partial charge >= 0.3 is 0 Å². The number of aryl methyl sites for hydroxylation is 2. The highest BCUT2D eigenvalue weighted by Gasteiger charge is 2.23. The maximum absolute atomic E-state index is 13.8. The second-order valence-electron chi connectivity index (χ2n) is 5.96. The number of halogens is 2. The number of imidazole rings is 1. The first-order valence-electron chi connectivity index (χ1n) is 7.51. The molecule has 0 aliphatic carbocycles. The molecule has 0 N–H and O–H groups in total. The van der Waals surface area contributed by atoms with Crippen LogP contribution in [0, 0.1) is 12.7 Å². The maximum atomic E-state index is 13.8. The van der Waals surface area contributed by atoms with Gasteiger partial charge < -0.3 is 9.47 Å². The van der Waals surface area contributed by atoms with E-state index in [2.05, 4.69) is 21.5 Å². The molecule has 0 spiro atoms. The van der Waals surface area contributed by atoms with Gasteiger partial charge in [0.2, 0.25) is 0 Å². The van der Waals surface area contributed by atoms with Crippen LogP contribution in [0.25, 0.3) is 11.0 Å². The van der Waals surface area contributed by atoms with Gasteiger partial charge in [-0.25, -0.2) is 9.37 Å². The van der Waals surface area contributed by atoms with Crippen LogP contribution in [0.3, 0.4) is 0 Å². The summed E-state index contributed by atoms with van der Waals surface area (Å²) in [7, 11) is 2.15. The van der Waals surface area contributed by atoms with Gasteiger partial charge in [-0.05, 0) is 51.5 Å². The third kappa shape index (κ3) is 2.79. The smallest absolute Gasteiger partial charge is 0.128 e. The molecule has 5 heteroatoms. The Morgan fingerprint density at radius 3 is 2.71 bits per heavy atom. The summed E-state index contributed by atoms with van der Waals surface area (Å²) in [6, 6.07) is 3.91. The molecule has 0 radical (unpaired) electrons. The fourth-order valence-corrected chi connectivity index (χ4v) is 3.36. The molecule has 0 saturated carbocycles. The zero-order chi connectivity index (χ0) is 15.0. The van der Waals surface area contributed by atoms with Crippen LogP contribution >= 0.6 is 11.6 Å². The van der Waals surface area contributed by atoms with Crippen molar-refractivity contribution < 1.29 is 4.39 Å². The molecule has 2 aromatic rings. The monoisotopic (exact) mass is 309 g/mol. The number of benzene rings is 1. The Hall–Kier alpha value is -1.13. The highest BCUT2D eigenvalue weighted by atomic mass is 35.5. The molecule has 1 aromatic heterocycles. The summed E-state index contributed by atoms with van der Waals surface area (Å²) in [5, 5.41) is 0. The van der Waals surface area contributed by atoms with Gasteiger partial charge in [-0.1, -0.05) is 0 Å². The molecule has 1 aliphatic heterocycles. The zero-order valence-electron chi connectivity index (χ0n) is 12.6. The van der Waals surface area contributed by atoms with Crippen molar-refractivity contribution in [1.82, 2.24) is 14.5 Å². The van der Waals surface area contributed by atoms with Crippen molar-refractivity contribution in [3.63, 3.8) is 0 Å². The van der Waals surface area contributed by atoms with Crippen LogP contribution in [0.15, 0.2) is 12.1 Å². The van der Waals surface area contributed by atoms with Crippen molar-refractivity contribution in [3.05, 3.63) is 29.3 Å². The average Bonchev–Trinajstić information content (AvgIpc) is 2.78. The van der Waals surface area contributed by atoms with E-state index in [-0.39, 0.29) is 5.82 Å². The van der Waals surface area contributed by atoms with Crippen LogP contribution in [-0.4, -0.2) is 40.5 Å². The molecule has 1 saturated heterocycles. The van der Waals surface area contributed by atoms with E-state index in [4.69, 9.17) is 11.6 Å². The van der Waals surface area contributed by atoms with Crippen molar-refractivity contribution in [2.24, 2.45) is 0 Å². The van der Waals surface area contributed by atoms with Crippen molar-refractivity contribution >= 4 is 22.6 Å². The number of nitrogens with zero attached hydrogens (tertiary/aromatic N) is 3. The maximum Gasteiger partial charge on any atom is 0.128 e.